The number of carbonyl (C=O) groups excluding carboxylic acids is 1. The molecular formula is C18H20ClN5OS. The second-order valence-electron chi connectivity index (χ2n) is 6.05. The van der Waals surface area contributed by atoms with Crippen molar-refractivity contribution in [3.8, 4) is 16.4 Å². The Morgan fingerprint density at radius 2 is 2.08 bits per heavy atom. The molecular weight excluding hydrogens is 370 g/mol. The fourth-order valence-corrected chi connectivity index (χ4v) is 3.71. The van der Waals surface area contributed by atoms with Crippen LogP contribution in [0.4, 0.5) is 0 Å². The number of nitrogens with zero attached hydrogens (tertiary/aromatic N) is 4. The van der Waals surface area contributed by atoms with Crippen molar-refractivity contribution >= 4 is 29.7 Å². The quantitative estimate of drug-likeness (QED) is 0.745. The standard InChI is InChI=1S/C18H19N5OS.ClH/c1-22(14-9-10-19-12-14)18(24)16-20-17(15-8-5-11-25-15)23(21-16)13-6-3-2-4-7-13;/h2-8,11,14,19H,9-10,12H2,1H3;1H. The van der Waals surface area contributed by atoms with E-state index in [1.807, 2.05) is 54.9 Å². The van der Waals surface area contributed by atoms with Crippen LogP contribution in [0, 0.1) is 0 Å². The molecule has 0 saturated carbocycles. The van der Waals surface area contributed by atoms with Gasteiger partial charge in [-0.2, -0.15) is 0 Å². The first-order chi connectivity index (χ1) is 12.2. The van der Waals surface area contributed by atoms with E-state index < -0.39 is 0 Å². The molecule has 2 aromatic heterocycles. The number of rotatable bonds is 4. The minimum absolute atomic E-state index is 0. The van der Waals surface area contributed by atoms with Gasteiger partial charge in [-0.3, -0.25) is 4.79 Å². The summed E-state index contributed by atoms with van der Waals surface area (Å²) in [5, 5.41) is 9.81. The molecule has 1 aromatic carbocycles. The first-order valence-corrected chi connectivity index (χ1v) is 9.16. The lowest BCUT2D eigenvalue weighted by Gasteiger charge is -2.22. The molecule has 3 heterocycles. The lowest BCUT2D eigenvalue weighted by molar-refractivity contribution is 0.0731. The van der Waals surface area contributed by atoms with Gasteiger partial charge in [-0.15, -0.1) is 28.8 Å². The molecule has 8 heteroatoms. The maximum atomic E-state index is 12.9. The smallest absolute Gasteiger partial charge is 0.293 e. The molecule has 1 amide bonds. The Morgan fingerprint density at radius 3 is 2.73 bits per heavy atom. The number of hydrogen-bond acceptors (Lipinski definition) is 5. The minimum Gasteiger partial charge on any atom is -0.335 e. The van der Waals surface area contributed by atoms with Gasteiger partial charge in [0, 0.05) is 19.6 Å². The average Bonchev–Trinajstić information content (AvgIpc) is 3.42. The number of carbonyl (C=O) groups is 1. The summed E-state index contributed by atoms with van der Waals surface area (Å²) >= 11 is 1.59. The van der Waals surface area contributed by atoms with Crippen LogP contribution < -0.4 is 5.32 Å². The van der Waals surface area contributed by atoms with E-state index in [1.54, 1.807) is 20.9 Å². The Bertz CT molecular complexity index is 859. The Kier molecular flexibility index (Phi) is 5.70. The van der Waals surface area contributed by atoms with Crippen LogP contribution in [0.1, 0.15) is 17.0 Å². The van der Waals surface area contributed by atoms with E-state index in [9.17, 15) is 4.79 Å². The highest BCUT2D eigenvalue weighted by molar-refractivity contribution is 7.13. The molecule has 1 aliphatic heterocycles. The van der Waals surface area contributed by atoms with E-state index in [2.05, 4.69) is 15.4 Å². The molecule has 1 aliphatic rings. The van der Waals surface area contributed by atoms with Gasteiger partial charge in [-0.25, -0.2) is 9.67 Å². The first kappa shape index (κ1) is 18.6. The zero-order valence-electron chi connectivity index (χ0n) is 14.3. The predicted octanol–water partition coefficient (Wildman–Crippen LogP) is 2.85. The molecule has 1 saturated heterocycles. The van der Waals surface area contributed by atoms with Gasteiger partial charge in [0.2, 0.25) is 5.82 Å². The summed E-state index contributed by atoms with van der Waals surface area (Å²) in [6.45, 7) is 1.76. The number of hydrogen-bond donors (Lipinski definition) is 1. The van der Waals surface area contributed by atoms with E-state index in [1.165, 1.54) is 0 Å². The van der Waals surface area contributed by atoms with E-state index in [-0.39, 0.29) is 30.2 Å². The molecule has 1 N–H and O–H groups in total. The largest absolute Gasteiger partial charge is 0.335 e. The number of nitrogens with one attached hydrogen (secondary N) is 1. The summed E-state index contributed by atoms with van der Waals surface area (Å²) in [5.41, 5.74) is 0.891. The SMILES string of the molecule is CN(C(=O)c1nc(-c2cccs2)n(-c2ccccc2)n1)C1CCNC1.Cl. The molecule has 4 rings (SSSR count). The molecule has 6 nitrogen and oxygen atoms in total. The second kappa shape index (κ2) is 7.99. The summed E-state index contributed by atoms with van der Waals surface area (Å²) < 4.78 is 1.75. The van der Waals surface area contributed by atoms with Gasteiger partial charge in [0.25, 0.3) is 5.91 Å². The molecule has 0 spiro atoms. The monoisotopic (exact) mass is 389 g/mol. The Hall–Kier alpha value is -2.22. The fraction of sp³-hybridized carbons (Fsp3) is 0.278. The zero-order valence-corrected chi connectivity index (χ0v) is 16.0. The third-order valence-electron chi connectivity index (χ3n) is 4.44. The average molecular weight is 390 g/mol. The van der Waals surface area contributed by atoms with Crippen LogP contribution in [0.25, 0.3) is 16.4 Å². The highest BCUT2D eigenvalue weighted by atomic mass is 35.5. The summed E-state index contributed by atoms with van der Waals surface area (Å²) in [4.78, 5) is 20.2. The maximum absolute atomic E-state index is 12.9. The van der Waals surface area contributed by atoms with E-state index in [0.29, 0.717) is 5.82 Å². The normalized spacial score (nSPS) is 16.3. The fourth-order valence-electron chi connectivity index (χ4n) is 3.01. The van der Waals surface area contributed by atoms with Crippen LogP contribution in [0.3, 0.4) is 0 Å². The molecule has 136 valence electrons. The number of amides is 1. The van der Waals surface area contributed by atoms with Crippen molar-refractivity contribution in [2.75, 3.05) is 20.1 Å². The van der Waals surface area contributed by atoms with Crippen LogP contribution in [0.2, 0.25) is 0 Å². The van der Waals surface area contributed by atoms with Gasteiger partial charge in [0.1, 0.15) is 0 Å². The molecule has 0 radical (unpaired) electrons. The van der Waals surface area contributed by atoms with Crippen molar-refractivity contribution in [1.82, 2.24) is 25.0 Å². The number of benzene rings is 1. The van der Waals surface area contributed by atoms with Gasteiger partial charge in [0.05, 0.1) is 10.6 Å². The number of halogens is 1. The van der Waals surface area contributed by atoms with Crippen molar-refractivity contribution in [2.45, 2.75) is 12.5 Å². The molecule has 1 fully saturated rings. The van der Waals surface area contributed by atoms with Crippen LogP contribution in [-0.4, -0.2) is 51.8 Å². The van der Waals surface area contributed by atoms with Gasteiger partial charge in [-0.1, -0.05) is 24.3 Å². The van der Waals surface area contributed by atoms with Crippen LogP contribution in [0.15, 0.2) is 47.8 Å². The highest BCUT2D eigenvalue weighted by Crippen LogP contribution is 2.26. The van der Waals surface area contributed by atoms with Crippen LogP contribution >= 0.6 is 23.7 Å². The van der Waals surface area contributed by atoms with Gasteiger partial charge < -0.3 is 10.2 Å². The molecule has 26 heavy (non-hydrogen) atoms. The van der Waals surface area contributed by atoms with Crippen molar-refractivity contribution in [2.24, 2.45) is 0 Å². The minimum atomic E-state index is -0.138. The Balaban J connectivity index is 0.00000196. The second-order valence-corrected chi connectivity index (χ2v) is 6.99. The Morgan fingerprint density at radius 1 is 1.27 bits per heavy atom. The maximum Gasteiger partial charge on any atom is 0.293 e. The van der Waals surface area contributed by atoms with Gasteiger partial charge in [0.15, 0.2) is 5.82 Å². The third kappa shape index (κ3) is 3.51. The predicted molar refractivity (Wildman–Crippen MR) is 105 cm³/mol. The van der Waals surface area contributed by atoms with Crippen molar-refractivity contribution < 1.29 is 4.79 Å². The first-order valence-electron chi connectivity index (χ1n) is 8.28. The number of likely N-dealkylation sites (N-methyl/N-ethyl adjacent to an activating group) is 1. The molecule has 0 bridgehead atoms. The lowest BCUT2D eigenvalue weighted by Crippen LogP contribution is -2.38. The number of thiophene rings is 1. The number of aromatic nitrogens is 3. The summed E-state index contributed by atoms with van der Waals surface area (Å²) in [7, 11) is 1.83. The molecule has 0 aliphatic carbocycles. The molecule has 1 atom stereocenters. The Labute approximate surface area is 162 Å². The summed E-state index contributed by atoms with van der Waals surface area (Å²) in [6.07, 6.45) is 0.958. The van der Waals surface area contributed by atoms with Gasteiger partial charge >= 0.3 is 0 Å². The highest BCUT2D eigenvalue weighted by Gasteiger charge is 2.28. The van der Waals surface area contributed by atoms with Gasteiger partial charge in [-0.05, 0) is 36.5 Å². The molecule has 1 unspecified atom stereocenters. The third-order valence-corrected chi connectivity index (χ3v) is 5.31. The zero-order chi connectivity index (χ0) is 17.2. The van der Waals surface area contributed by atoms with Crippen molar-refractivity contribution in [3.63, 3.8) is 0 Å². The van der Waals surface area contributed by atoms with E-state index >= 15 is 0 Å². The van der Waals surface area contributed by atoms with Crippen molar-refractivity contribution in [3.05, 3.63) is 53.7 Å². The summed E-state index contributed by atoms with van der Waals surface area (Å²) in [6, 6.07) is 13.9. The van der Waals surface area contributed by atoms with E-state index in [4.69, 9.17) is 0 Å². The van der Waals surface area contributed by atoms with Crippen LogP contribution in [0.5, 0.6) is 0 Å². The van der Waals surface area contributed by atoms with Crippen LogP contribution in [-0.2, 0) is 0 Å². The summed E-state index contributed by atoms with van der Waals surface area (Å²) in [5.74, 6) is 0.797. The molecule has 3 aromatic rings. The topological polar surface area (TPSA) is 63.1 Å². The van der Waals surface area contributed by atoms with E-state index in [0.717, 1.165) is 30.1 Å². The lowest BCUT2D eigenvalue weighted by atomic mass is 10.2. The number of para-hydroxylation sites is 1. The van der Waals surface area contributed by atoms with Crippen molar-refractivity contribution in [1.29, 1.82) is 0 Å².